The van der Waals surface area contributed by atoms with Gasteiger partial charge in [-0.3, -0.25) is 0 Å². The Hall–Kier alpha value is -0.770. The highest BCUT2D eigenvalue weighted by Crippen LogP contribution is 2.06. The minimum Gasteiger partial charge on any atom is -0.444 e. The highest BCUT2D eigenvalue weighted by Gasteiger charge is 2.18. The van der Waals surface area contributed by atoms with Crippen molar-refractivity contribution in [1.29, 1.82) is 0 Å². The molecule has 78 valence electrons. The van der Waals surface area contributed by atoms with Gasteiger partial charge in [-0.25, -0.2) is 4.79 Å². The van der Waals surface area contributed by atoms with Crippen LogP contribution in [0.1, 0.15) is 34.6 Å². The van der Waals surface area contributed by atoms with Crippen LogP contribution in [-0.4, -0.2) is 28.9 Å². The van der Waals surface area contributed by atoms with Crippen LogP contribution in [0.2, 0.25) is 0 Å². The van der Waals surface area contributed by atoms with Gasteiger partial charge in [0.25, 0.3) is 0 Å². The molecule has 0 aliphatic carbocycles. The smallest absolute Gasteiger partial charge is 0.407 e. The summed E-state index contributed by atoms with van der Waals surface area (Å²) in [5.41, 5.74) is -0.498. The third-order valence-corrected chi connectivity index (χ3v) is 1.47. The number of amides is 1. The monoisotopic (exact) mass is 189 g/mol. The molecular weight excluding hydrogens is 170 g/mol. The van der Waals surface area contributed by atoms with Crippen molar-refractivity contribution in [3.05, 3.63) is 0 Å². The molecule has 0 bridgehead atoms. The van der Waals surface area contributed by atoms with E-state index in [1.54, 1.807) is 34.6 Å². The number of carbonyl (C=O) groups is 1. The van der Waals surface area contributed by atoms with Gasteiger partial charge >= 0.3 is 6.09 Å². The first-order valence-corrected chi connectivity index (χ1v) is 4.40. The molecule has 2 atom stereocenters. The zero-order chi connectivity index (χ0) is 10.6. The Balaban J connectivity index is 3.89. The Bertz CT molecular complexity index is 172. The van der Waals surface area contributed by atoms with Gasteiger partial charge in [0.05, 0.1) is 12.1 Å². The predicted octanol–water partition coefficient (Wildman–Crippen LogP) is 1.28. The fourth-order valence-electron chi connectivity index (χ4n) is 0.614. The second-order valence-corrected chi connectivity index (χ2v) is 4.18. The Morgan fingerprint density at radius 3 is 2.15 bits per heavy atom. The van der Waals surface area contributed by atoms with E-state index in [9.17, 15) is 4.79 Å². The number of hydrogen-bond donors (Lipinski definition) is 2. The highest BCUT2D eigenvalue weighted by molar-refractivity contribution is 5.68. The molecule has 0 aliphatic heterocycles. The fraction of sp³-hybridized carbons (Fsp3) is 0.889. The number of ether oxygens (including phenoxy) is 1. The van der Waals surface area contributed by atoms with E-state index in [0.29, 0.717) is 0 Å². The number of nitrogens with one attached hydrogen (secondary N) is 1. The first-order valence-electron chi connectivity index (χ1n) is 4.40. The molecule has 0 heterocycles. The number of aliphatic hydroxyl groups is 1. The predicted molar refractivity (Wildman–Crippen MR) is 50.5 cm³/mol. The number of hydrogen-bond acceptors (Lipinski definition) is 3. The minimum atomic E-state index is -0.576. The van der Waals surface area contributed by atoms with Crippen LogP contribution in [0.15, 0.2) is 0 Å². The SMILES string of the molecule is C[C@H](O)[C@H](C)NC(=O)OC(C)(C)C. The Labute approximate surface area is 79.3 Å². The van der Waals surface area contributed by atoms with Crippen LogP contribution in [0.4, 0.5) is 4.79 Å². The largest absolute Gasteiger partial charge is 0.444 e. The van der Waals surface area contributed by atoms with E-state index in [4.69, 9.17) is 9.84 Å². The lowest BCUT2D eigenvalue weighted by atomic mass is 10.2. The van der Waals surface area contributed by atoms with E-state index >= 15 is 0 Å². The average Bonchev–Trinajstić information content (AvgIpc) is 1.81. The van der Waals surface area contributed by atoms with Gasteiger partial charge in [0.15, 0.2) is 0 Å². The van der Waals surface area contributed by atoms with Crippen molar-refractivity contribution >= 4 is 6.09 Å². The van der Waals surface area contributed by atoms with Gasteiger partial charge in [-0.2, -0.15) is 0 Å². The quantitative estimate of drug-likeness (QED) is 0.688. The van der Waals surface area contributed by atoms with E-state index in [1.807, 2.05) is 0 Å². The van der Waals surface area contributed by atoms with Crippen molar-refractivity contribution in [2.24, 2.45) is 0 Å². The van der Waals surface area contributed by atoms with Gasteiger partial charge in [0, 0.05) is 0 Å². The standard InChI is InChI=1S/C9H19NO3/c1-6(7(2)11)10-8(12)13-9(3,4)5/h6-7,11H,1-5H3,(H,10,12)/t6-,7-/m0/s1. The summed E-state index contributed by atoms with van der Waals surface area (Å²) in [6.45, 7) is 8.70. The fourth-order valence-corrected chi connectivity index (χ4v) is 0.614. The molecule has 13 heavy (non-hydrogen) atoms. The summed E-state index contributed by atoms with van der Waals surface area (Å²) in [4.78, 5) is 11.1. The molecule has 0 saturated carbocycles. The number of aliphatic hydroxyl groups excluding tert-OH is 1. The summed E-state index contributed by atoms with van der Waals surface area (Å²) in [7, 11) is 0. The van der Waals surface area contributed by atoms with Gasteiger partial charge in [-0.1, -0.05) is 0 Å². The van der Waals surface area contributed by atoms with E-state index in [-0.39, 0.29) is 6.04 Å². The van der Waals surface area contributed by atoms with Crippen molar-refractivity contribution < 1.29 is 14.6 Å². The third-order valence-electron chi connectivity index (χ3n) is 1.47. The molecule has 0 aliphatic rings. The lowest BCUT2D eigenvalue weighted by Crippen LogP contribution is -2.42. The summed E-state index contributed by atoms with van der Waals surface area (Å²) >= 11 is 0. The van der Waals surface area contributed by atoms with Gasteiger partial charge in [0.1, 0.15) is 5.60 Å². The molecule has 0 aromatic carbocycles. The lowest BCUT2D eigenvalue weighted by Gasteiger charge is -2.22. The molecular formula is C9H19NO3. The van der Waals surface area contributed by atoms with Crippen molar-refractivity contribution in [3.63, 3.8) is 0 Å². The Morgan fingerprint density at radius 1 is 1.38 bits per heavy atom. The molecule has 0 fully saturated rings. The minimum absolute atomic E-state index is 0.296. The topological polar surface area (TPSA) is 58.6 Å². The molecule has 4 heteroatoms. The van der Waals surface area contributed by atoms with Crippen LogP contribution in [0, 0.1) is 0 Å². The van der Waals surface area contributed by atoms with E-state index in [0.717, 1.165) is 0 Å². The first-order chi connectivity index (χ1) is 5.72. The summed E-state index contributed by atoms with van der Waals surface area (Å²) < 4.78 is 5.00. The maximum atomic E-state index is 11.1. The molecule has 0 spiro atoms. The molecule has 0 aromatic rings. The zero-order valence-electron chi connectivity index (χ0n) is 8.92. The van der Waals surface area contributed by atoms with Crippen LogP contribution in [0.25, 0.3) is 0 Å². The Morgan fingerprint density at radius 2 is 1.85 bits per heavy atom. The average molecular weight is 189 g/mol. The highest BCUT2D eigenvalue weighted by atomic mass is 16.6. The summed E-state index contributed by atoms with van der Waals surface area (Å²) in [6.07, 6.45) is -1.08. The normalized spacial score (nSPS) is 16.2. The van der Waals surface area contributed by atoms with Crippen molar-refractivity contribution in [2.45, 2.75) is 52.4 Å². The molecule has 0 saturated heterocycles. The number of rotatable bonds is 2. The number of carbonyl (C=O) groups excluding carboxylic acids is 1. The summed E-state index contributed by atoms with van der Waals surface area (Å²) in [5.74, 6) is 0. The van der Waals surface area contributed by atoms with E-state index in [1.165, 1.54) is 0 Å². The molecule has 0 radical (unpaired) electrons. The van der Waals surface area contributed by atoms with Crippen LogP contribution >= 0.6 is 0 Å². The summed E-state index contributed by atoms with van der Waals surface area (Å²) in [5, 5.41) is 11.6. The van der Waals surface area contributed by atoms with Crippen LogP contribution in [0.3, 0.4) is 0 Å². The first kappa shape index (κ1) is 12.2. The van der Waals surface area contributed by atoms with Gasteiger partial charge < -0.3 is 15.2 Å². The lowest BCUT2D eigenvalue weighted by molar-refractivity contribution is 0.0450. The Kier molecular flexibility index (Phi) is 4.20. The van der Waals surface area contributed by atoms with E-state index in [2.05, 4.69) is 5.32 Å². The zero-order valence-corrected chi connectivity index (χ0v) is 8.92. The van der Waals surface area contributed by atoms with Crippen molar-refractivity contribution in [3.8, 4) is 0 Å². The second-order valence-electron chi connectivity index (χ2n) is 4.18. The molecule has 4 nitrogen and oxygen atoms in total. The summed E-state index contributed by atoms with van der Waals surface area (Å²) in [6, 6.07) is -0.296. The maximum absolute atomic E-state index is 11.1. The van der Waals surface area contributed by atoms with Gasteiger partial charge in [-0.15, -0.1) is 0 Å². The van der Waals surface area contributed by atoms with Crippen molar-refractivity contribution in [2.75, 3.05) is 0 Å². The maximum Gasteiger partial charge on any atom is 0.407 e. The number of alkyl carbamates (subject to hydrolysis) is 1. The molecule has 1 amide bonds. The van der Waals surface area contributed by atoms with E-state index < -0.39 is 17.8 Å². The second kappa shape index (κ2) is 4.46. The van der Waals surface area contributed by atoms with Gasteiger partial charge in [0.2, 0.25) is 0 Å². The van der Waals surface area contributed by atoms with Crippen LogP contribution < -0.4 is 5.32 Å². The van der Waals surface area contributed by atoms with Crippen LogP contribution in [0.5, 0.6) is 0 Å². The molecule has 0 unspecified atom stereocenters. The molecule has 0 aromatic heterocycles. The van der Waals surface area contributed by atoms with Crippen LogP contribution in [-0.2, 0) is 4.74 Å². The van der Waals surface area contributed by atoms with Crippen molar-refractivity contribution in [1.82, 2.24) is 5.32 Å². The van der Waals surface area contributed by atoms with Gasteiger partial charge in [-0.05, 0) is 34.6 Å². The molecule has 0 rings (SSSR count). The third kappa shape index (κ3) is 6.40. The molecule has 2 N–H and O–H groups in total.